The maximum atomic E-state index is 9.67. The molecule has 0 saturated heterocycles. The van der Waals surface area contributed by atoms with Gasteiger partial charge in [0, 0.05) is 6.04 Å². The highest BCUT2D eigenvalue weighted by atomic mass is 17.2. The van der Waals surface area contributed by atoms with Crippen molar-refractivity contribution in [1.82, 2.24) is 0 Å². The quantitative estimate of drug-likeness (QED) is 0.342. The largest absolute Gasteiger partial charge is 0.537 e. The molecule has 0 saturated carbocycles. The summed E-state index contributed by atoms with van der Waals surface area (Å²) in [5.74, 6) is 0. The first-order valence-corrected chi connectivity index (χ1v) is 2.91. The van der Waals surface area contributed by atoms with Crippen LogP contribution >= 0.6 is 0 Å². The normalized spacial score (nSPS) is 12.6. The Morgan fingerprint density at radius 2 is 2.40 bits per heavy atom. The molecule has 0 aromatic heterocycles. The van der Waals surface area contributed by atoms with Gasteiger partial charge in [0.05, 0.1) is 6.61 Å². The van der Waals surface area contributed by atoms with Gasteiger partial charge in [0.15, 0.2) is 0 Å². The van der Waals surface area contributed by atoms with Gasteiger partial charge in [0.1, 0.15) is 0 Å². The van der Waals surface area contributed by atoms with Gasteiger partial charge in [-0.05, 0) is 13.3 Å². The van der Waals surface area contributed by atoms with Gasteiger partial charge < -0.3 is 10.8 Å². The first-order valence-electron chi connectivity index (χ1n) is 2.91. The third-order valence-electron chi connectivity index (χ3n) is 0.787. The van der Waals surface area contributed by atoms with Gasteiger partial charge in [-0.15, -0.1) is 0 Å². The van der Waals surface area contributed by atoms with Gasteiger partial charge in [0.25, 0.3) is 0 Å². The number of rotatable bonds is 4. The van der Waals surface area contributed by atoms with E-state index in [1.807, 2.05) is 0 Å². The summed E-state index contributed by atoms with van der Waals surface area (Å²) in [5.41, 5.74) is 5.33. The summed E-state index contributed by atoms with van der Waals surface area (Å²) in [6.45, 7) is 1.99. The van der Waals surface area contributed by atoms with Crippen molar-refractivity contribution >= 4 is 6.16 Å². The van der Waals surface area contributed by atoms with Crippen LogP contribution in [0.1, 0.15) is 13.3 Å². The molecule has 5 nitrogen and oxygen atoms in total. The van der Waals surface area contributed by atoms with Crippen LogP contribution < -0.4 is 5.73 Å². The fraction of sp³-hybridized carbons (Fsp3) is 0.800. The molecule has 5 heteroatoms. The van der Waals surface area contributed by atoms with Crippen LogP contribution in [-0.4, -0.2) is 23.9 Å². The minimum absolute atomic E-state index is 0.00241. The molecular formula is C5H11NO4. The van der Waals surface area contributed by atoms with Gasteiger partial charge in [0.2, 0.25) is 0 Å². The lowest BCUT2D eigenvalue weighted by molar-refractivity contribution is -0.251. The van der Waals surface area contributed by atoms with Crippen LogP contribution in [0.25, 0.3) is 0 Å². The molecule has 1 unspecified atom stereocenters. The summed E-state index contributed by atoms with van der Waals surface area (Å²) >= 11 is 0. The van der Waals surface area contributed by atoms with Crippen molar-refractivity contribution in [3.8, 4) is 0 Å². The van der Waals surface area contributed by atoms with Crippen LogP contribution in [0.5, 0.6) is 0 Å². The van der Waals surface area contributed by atoms with E-state index < -0.39 is 6.16 Å². The predicted octanol–water partition coefficient (Wildman–Crippen LogP) is 0.350. The Labute approximate surface area is 58.7 Å². The molecule has 0 rings (SSSR count). The molecule has 1 atom stereocenters. The molecule has 0 aromatic rings. The van der Waals surface area contributed by atoms with E-state index in [1.54, 1.807) is 6.92 Å². The standard InChI is InChI=1S/C5H11NO4/c1-4(6)2-3-9-10-5(7)8/h4H,2-3,6H2,1H3,(H,7,8). The van der Waals surface area contributed by atoms with Gasteiger partial charge in [-0.2, -0.15) is 4.89 Å². The van der Waals surface area contributed by atoms with Gasteiger partial charge in [-0.3, -0.25) is 4.89 Å². The predicted molar refractivity (Wildman–Crippen MR) is 33.3 cm³/mol. The first kappa shape index (κ1) is 9.19. The topological polar surface area (TPSA) is 81.8 Å². The molecule has 0 bridgehead atoms. The zero-order chi connectivity index (χ0) is 7.98. The van der Waals surface area contributed by atoms with Crippen molar-refractivity contribution in [2.24, 2.45) is 5.73 Å². The molecule has 0 aliphatic carbocycles. The van der Waals surface area contributed by atoms with Gasteiger partial charge >= 0.3 is 6.16 Å². The lowest BCUT2D eigenvalue weighted by Crippen LogP contribution is -2.17. The van der Waals surface area contributed by atoms with Crippen molar-refractivity contribution in [2.75, 3.05) is 6.61 Å². The Morgan fingerprint density at radius 3 is 2.80 bits per heavy atom. The maximum Gasteiger partial charge on any atom is 0.537 e. The van der Waals surface area contributed by atoms with E-state index in [1.165, 1.54) is 0 Å². The Morgan fingerprint density at radius 1 is 1.80 bits per heavy atom. The van der Waals surface area contributed by atoms with Crippen molar-refractivity contribution in [3.63, 3.8) is 0 Å². The molecule has 0 fully saturated rings. The highest BCUT2D eigenvalue weighted by Gasteiger charge is 1.98. The van der Waals surface area contributed by atoms with Crippen LogP contribution in [0.3, 0.4) is 0 Å². The maximum absolute atomic E-state index is 9.67. The molecule has 10 heavy (non-hydrogen) atoms. The molecule has 0 aliphatic heterocycles. The van der Waals surface area contributed by atoms with E-state index in [-0.39, 0.29) is 12.6 Å². The van der Waals surface area contributed by atoms with Crippen molar-refractivity contribution in [2.45, 2.75) is 19.4 Å². The molecule has 0 spiro atoms. The Balaban J connectivity index is 2.98. The minimum atomic E-state index is -1.44. The second-order valence-corrected chi connectivity index (χ2v) is 1.94. The van der Waals surface area contributed by atoms with Gasteiger partial charge in [-0.25, -0.2) is 4.79 Å². The van der Waals surface area contributed by atoms with E-state index in [2.05, 4.69) is 9.78 Å². The summed E-state index contributed by atoms with van der Waals surface area (Å²) in [4.78, 5) is 17.6. The molecule has 3 N–H and O–H groups in total. The fourth-order valence-corrected chi connectivity index (χ4v) is 0.326. The van der Waals surface area contributed by atoms with Gasteiger partial charge in [-0.1, -0.05) is 0 Å². The molecule has 0 heterocycles. The Hall–Kier alpha value is -0.810. The molecule has 0 aromatic carbocycles. The van der Waals surface area contributed by atoms with Crippen LogP contribution in [0, 0.1) is 0 Å². The number of nitrogens with two attached hydrogens (primary N) is 1. The number of carboxylic acid groups (broad SMARTS) is 1. The number of carbonyl (C=O) groups is 1. The highest BCUT2D eigenvalue weighted by molar-refractivity contribution is 5.55. The lowest BCUT2D eigenvalue weighted by Gasteiger charge is -2.02. The van der Waals surface area contributed by atoms with E-state index in [0.29, 0.717) is 6.42 Å². The zero-order valence-electron chi connectivity index (χ0n) is 5.74. The van der Waals surface area contributed by atoms with E-state index in [0.717, 1.165) is 0 Å². The lowest BCUT2D eigenvalue weighted by atomic mass is 10.3. The molecule has 0 amide bonds. The third kappa shape index (κ3) is 7.19. The summed E-state index contributed by atoms with van der Waals surface area (Å²) in [6.07, 6.45) is -0.863. The molecule has 0 aliphatic rings. The van der Waals surface area contributed by atoms with Crippen molar-refractivity contribution in [1.29, 1.82) is 0 Å². The summed E-state index contributed by atoms with van der Waals surface area (Å²) in [6, 6.07) is -0.00241. The smallest absolute Gasteiger partial charge is 0.448 e. The summed E-state index contributed by atoms with van der Waals surface area (Å²) < 4.78 is 0. The number of hydrogen-bond acceptors (Lipinski definition) is 4. The second-order valence-electron chi connectivity index (χ2n) is 1.94. The molecule has 60 valence electrons. The Kier molecular flexibility index (Phi) is 4.61. The van der Waals surface area contributed by atoms with Crippen LogP contribution in [0.15, 0.2) is 0 Å². The second kappa shape index (κ2) is 5.01. The number of hydrogen-bond donors (Lipinski definition) is 2. The van der Waals surface area contributed by atoms with Crippen molar-refractivity contribution in [3.05, 3.63) is 0 Å². The SMILES string of the molecule is CC(N)CCOOC(=O)O. The summed E-state index contributed by atoms with van der Waals surface area (Å²) in [7, 11) is 0. The Bertz CT molecular complexity index is 104. The molecular weight excluding hydrogens is 138 g/mol. The first-order chi connectivity index (χ1) is 4.63. The average molecular weight is 149 g/mol. The van der Waals surface area contributed by atoms with Crippen molar-refractivity contribution < 1.29 is 19.7 Å². The van der Waals surface area contributed by atoms with E-state index in [9.17, 15) is 4.79 Å². The zero-order valence-corrected chi connectivity index (χ0v) is 5.74. The van der Waals surface area contributed by atoms with Crippen LogP contribution in [-0.2, 0) is 9.78 Å². The average Bonchev–Trinajstić information content (AvgIpc) is 1.79. The highest BCUT2D eigenvalue weighted by Crippen LogP contribution is 1.88. The monoisotopic (exact) mass is 149 g/mol. The van der Waals surface area contributed by atoms with Crippen LogP contribution in [0.4, 0.5) is 4.79 Å². The van der Waals surface area contributed by atoms with Crippen LogP contribution in [0.2, 0.25) is 0 Å². The summed E-state index contributed by atoms with van der Waals surface area (Å²) in [5, 5.41) is 7.90. The van der Waals surface area contributed by atoms with E-state index >= 15 is 0 Å². The molecule has 0 radical (unpaired) electrons. The minimum Gasteiger partial charge on any atom is -0.448 e. The fourth-order valence-electron chi connectivity index (χ4n) is 0.326. The van der Waals surface area contributed by atoms with E-state index in [4.69, 9.17) is 10.8 Å². The third-order valence-corrected chi connectivity index (χ3v) is 0.787.